The van der Waals surface area contributed by atoms with Crippen LogP contribution in [0.3, 0.4) is 0 Å². The number of rotatable bonds is 4. The van der Waals surface area contributed by atoms with Crippen LogP contribution in [0, 0.1) is 0 Å². The van der Waals surface area contributed by atoms with Crippen molar-refractivity contribution in [2.75, 3.05) is 6.61 Å². The van der Waals surface area contributed by atoms with Crippen LogP contribution in [-0.4, -0.2) is 16.7 Å². The molecule has 0 atom stereocenters. The number of pyridine rings is 1. The van der Waals surface area contributed by atoms with E-state index >= 15 is 0 Å². The number of hydrogen-bond donors (Lipinski definition) is 1. The van der Waals surface area contributed by atoms with Gasteiger partial charge in [-0.05, 0) is 55.7 Å². The van der Waals surface area contributed by atoms with Gasteiger partial charge in [0.15, 0.2) is 0 Å². The number of aromatic nitrogens is 1. The number of aliphatic hydroxyl groups is 1. The van der Waals surface area contributed by atoms with Gasteiger partial charge in [0.25, 0.3) is 0 Å². The number of aliphatic hydroxyl groups excluding tert-OH is 1. The first-order valence-electron chi connectivity index (χ1n) is 5.47. The summed E-state index contributed by atoms with van der Waals surface area (Å²) in [5, 5.41) is 8.68. The van der Waals surface area contributed by atoms with E-state index in [2.05, 4.69) is 11.1 Å². The molecule has 1 aromatic rings. The van der Waals surface area contributed by atoms with E-state index in [1.807, 2.05) is 6.20 Å². The van der Waals surface area contributed by atoms with E-state index in [1.54, 1.807) is 0 Å². The molecule has 1 aliphatic carbocycles. The van der Waals surface area contributed by atoms with E-state index in [1.165, 1.54) is 36.1 Å². The topological polar surface area (TPSA) is 33.1 Å². The van der Waals surface area contributed by atoms with Gasteiger partial charge in [-0.1, -0.05) is 0 Å². The van der Waals surface area contributed by atoms with Crippen molar-refractivity contribution < 1.29 is 5.11 Å². The highest BCUT2D eigenvalue weighted by atomic mass is 16.2. The zero-order valence-corrected chi connectivity index (χ0v) is 8.50. The minimum absolute atomic E-state index is 0.297. The summed E-state index contributed by atoms with van der Waals surface area (Å²) in [4.78, 5) is 4.44. The average molecular weight is 191 g/mol. The number of aryl methyl sites for hydroxylation is 3. The molecule has 0 aliphatic heterocycles. The number of hydrogen-bond acceptors (Lipinski definition) is 2. The highest BCUT2D eigenvalue weighted by Gasteiger charge is 2.11. The van der Waals surface area contributed by atoms with Gasteiger partial charge in [0, 0.05) is 18.5 Å². The van der Waals surface area contributed by atoms with Crippen LogP contribution in [0.4, 0.5) is 0 Å². The molecule has 0 saturated carbocycles. The lowest BCUT2D eigenvalue weighted by Crippen LogP contribution is -1.94. The second kappa shape index (κ2) is 4.56. The molecule has 0 radical (unpaired) electrons. The molecule has 1 N–H and O–H groups in total. The highest BCUT2D eigenvalue weighted by Crippen LogP contribution is 2.21. The van der Waals surface area contributed by atoms with Gasteiger partial charge >= 0.3 is 0 Å². The summed E-state index contributed by atoms with van der Waals surface area (Å²) >= 11 is 0. The SMILES string of the molecule is OCCCCc1cc2c(cn1)CCC2. The fourth-order valence-electron chi connectivity index (χ4n) is 2.06. The van der Waals surface area contributed by atoms with E-state index in [-0.39, 0.29) is 0 Å². The molecule has 1 aromatic heterocycles. The summed E-state index contributed by atoms with van der Waals surface area (Å²) in [7, 11) is 0. The van der Waals surface area contributed by atoms with Crippen molar-refractivity contribution in [2.24, 2.45) is 0 Å². The number of nitrogens with zero attached hydrogens (tertiary/aromatic N) is 1. The lowest BCUT2D eigenvalue weighted by atomic mass is 10.1. The largest absolute Gasteiger partial charge is 0.396 e. The normalized spacial score (nSPS) is 14.4. The molecule has 2 rings (SSSR count). The van der Waals surface area contributed by atoms with Gasteiger partial charge in [-0.3, -0.25) is 4.98 Å². The fourth-order valence-corrected chi connectivity index (χ4v) is 2.06. The monoisotopic (exact) mass is 191 g/mol. The molecule has 1 heterocycles. The molecule has 0 bridgehead atoms. The maximum absolute atomic E-state index is 8.68. The molecule has 0 spiro atoms. The lowest BCUT2D eigenvalue weighted by Gasteiger charge is -2.03. The Hall–Kier alpha value is -0.890. The van der Waals surface area contributed by atoms with Crippen LogP contribution in [0.2, 0.25) is 0 Å². The first kappa shape index (κ1) is 9.66. The molecule has 0 aromatic carbocycles. The van der Waals surface area contributed by atoms with Gasteiger partial charge in [-0.15, -0.1) is 0 Å². The van der Waals surface area contributed by atoms with Crippen LogP contribution >= 0.6 is 0 Å². The molecule has 0 unspecified atom stereocenters. The van der Waals surface area contributed by atoms with Crippen LogP contribution in [0.25, 0.3) is 0 Å². The Morgan fingerprint density at radius 1 is 1.21 bits per heavy atom. The zero-order valence-electron chi connectivity index (χ0n) is 8.50. The quantitative estimate of drug-likeness (QED) is 0.737. The molecule has 0 amide bonds. The standard InChI is InChI=1S/C12H17NO/c14-7-2-1-6-12-8-10-4-3-5-11(10)9-13-12/h8-9,14H,1-7H2. The van der Waals surface area contributed by atoms with Gasteiger partial charge in [-0.25, -0.2) is 0 Å². The third-order valence-electron chi connectivity index (χ3n) is 2.87. The molecule has 76 valence electrons. The summed E-state index contributed by atoms with van der Waals surface area (Å²) in [6.45, 7) is 0.297. The van der Waals surface area contributed by atoms with Gasteiger partial charge < -0.3 is 5.11 Å². The maximum atomic E-state index is 8.68. The Bertz CT molecular complexity index is 309. The Kier molecular flexibility index (Phi) is 3.14. The van der Waals surface area contributed by atoms with Crippen molar-refractivity contribution in [3.05, 3.63) is 29.1 Å². The number of unbranched alkanes of at least 4 members (excludes halogenated alkanes) is 1. The summed E-state index contributed by atoms with van der Waals surface area (Å²) in [6.07, 6.45) is 8.70. The van der Waals surface area contributed by atoms with Crippen molar-refractivity contribution in [1.82, 2.24) is 4.98 Å². The molecular formula is C12H17NO. The Morgan fingerprint density at radius 3 is 2.93 bits per heavy atom. The molecule has 2 heteroatoms. The molecular weight excluding hydrogens is 174 g/mol. The van der Waals surface area contributed by atoms with E-state index in [4.69, 9.17) is 5.11 Å². The van der Waals surface area contributed by atoms with Crippen molar-refractivity contribution >= 4 is 0 Å². The van der Waals surface area contributed by atoms with Crippen molar-refractivity contribution in [3.63, 3.8) is 0 Å². The van der Waals surface area contributed by atoms with E-state index in [9.17, 15) is 0 Å². The third kappa shape index (κ3) is 2.13. The van der Waals surface area contributed by atoms with Crippen LogP contribution < -0.4 is 0 Å². The number of fused-ring (bicyclic) bond motifs is 1. The Balaban J connectivity index is 1.98. The van der Waals surface area contributed by atoms with Gasteiger partial charge in [0.1, 0.15) is 0 Å². The molecule has 0 saturated heterocycles. The predicted octanol–water partition coefficient (Wildman–Crippen LogP) is 1.89. The van der Waals surface area contributed by atoms with Crippen LogP contribution in [0.1, 0.15) is 36.1 Å². The van der Waals surface area contributed by atoms with Gasteiger partial charge in [0.2, 0.25) is 0 Å². The van der Waals surface area contributed by atoms with E-state index < -0.39 is 0 Å². The Labute approximate surface area is 85.0 Å². The minimum Gasteiger partial charge on any atom is -0.396 e. The van der Waals surface area contributed by atoms with Crippen LogP contribution in [-0.2, 0) is 19.3 Å². The summed E-state index contributed by atoms with van der Waals surface area (Å²) in [5.74, 6) is 0. The first-order valence-corrected chi connectivity index (χ1v) is 5.47. The van der Waals surface area contributed by atoms with E-state index in [0.717, 1.165) is 19.3 Å². The summed E-state index contributed by atoms with van der Waals surface area (Å²) in [5.41, 5.74) is 4.13. The Morgan fingerprint density at radius 2 is 2.07 bits per heavy atom. The van der Waals surface area contributed by atoms with Crippen LogP contribution in [0.5, 0.6) is 0 Å². The molecule has 14 heavy (non-hydrogen) atoms. The molecule has 2 nitrogen and oxygen atoms in total. The lowest BCUT2D eigenvalue weighted by molar-refractivity contribution is 0.284. The second-order valence-corrected chi connectivity index (χ2v) is 3.98. The first-order chi connectivity index (χ1) is 6.90. The third-order valence-corrected chi connectivity index (χ3v) is 2.87. The maximum Gasteiger partial charge on any atom is 0.0431 e. The van der Waals surface area contributed by atoms with Crippen molar-refractivity contribution in [3.8, 4) is 0 Å². The van der Waals surface area contributed by atoms with Crippen molar-refractivity contribution in [1.29, 1.82) is 0 Å². The van der Waals surface area contributed by atoms with Gasteiger partial charge in [-0.2, -0.15) is 0 Å². The zero-order chi connectivity index (χ0) is 9.80. The van der Waals surface area contributed by atoms with Crippen molar-refractivity contribution in [2.45, 2.75) is 38.5 Å². The minimum atomic E-state index is 0.297. The summed E-state index contributed by atoms with van der Waals surface area (Å²) in [6, 6.07) is 2.25. The highest BCUT2D eigenvalue weighted by molar-refractivity contribution is 5.30. The average Bonchev–Trinajstić information content (AvgIpc) is 2.65. The molecule has 1 aliphatic rings. The van der Waals surface area contributed by atoms with E-state index in [0.29, 0.717) is 6.61 Å². The van der Waals surface area contributed by atoms with Crippen LogP contribution in [0.15, 0.2) is 12.3 Å². The summed E-state index contributed by atoms with van der Waals surface area (Å²) < 4.78 is 0. The predicted molar refractivity (Wildman–Crippen MR) is 56.3 cm³/mol. The molecule has 0 fully saturated rings. The van der Waals surface area contributed by atoms with Gasteiger partial charge in [0.05, 0.1) is 0 Å². The smallest absolute Gasteiger partial charge is 0.0431 e. The fraction of sp³-hybridized carbons (Fsp3) is 0.583. The second-order valence-electron chi connectivity index (χ2n) is 3.98.